The lowest BCUT2D eigenvalue weighted by Crippen LogP contribution is -2.48. The van der Waals surface area contributed by atoms with Crippen LogP contribution in [0.15, 0.2) is 0 Å². The fourth-order valence-corrected chi connectivity index (χ4v) is 3.19. The van der Waals surface area contributed by atoms with Crippen molar-refractivity contribution in [3.63, 3.8) is 0 Å². The van der Waals surface area contributed by atoms with Crippen LogP contribution < -0.4 is 0 Å². The molecule has 0 aromatic rings. The molecule has 2 aliphatic rings. The number of nitrogens with zero attached hydrogens (tertiary/aromatic N) is 2. The number of piperidine rings is 2. The van der Waals surface area contributed by atoms with Gasteiger partial charge in [0.15, 0.2) is 0 Å². The zero-order valence-electron chi connectivity index (χ0n) is 12.5. The molecule has 1 unspecified atom stereocenters. The van der Waals surface area contributed by atoms with Crippen LogP contribution in [0.5, 0.6) is 0 Å². The lowest BCUT2D eigenvalue weighted by molar-refractivity contribution is -0.143. The van der Waals surface area contributed by atoms with Crippen molar-refractivity contribution in [2.24, 2.45) is 0 Å². The second-order valence-corrected chi connectivity index (χ2v) is 5.84. The third-order valence-electron chi connectivity index (χ3n) is 4.43. The van der Waals surface area contributed by atoms with Gasteiger partial charge < -0.3 is 9.64 Å². The van der Waals surface area contributed by atoms with Crippen molar-refractivity contribution < 1.29 is 14.3 Å². The molecule has 0 N–H and O–H groups in total. The third kappa shape index (κ3) is 4.20. The van der Waals surface area contributed by atoms with Crippen molar-refractivity contribution in [1.82, 2.24) is 9.80 Å². The highest BCUT2D eigenvalue weighted by atomic mass is 16.5. The smallest absolute Gasteiger partial charge is 0.307 e. The van der Waals surface area contributed by atoms with E-state index in [1.165, 1.54) is 13.5 Å². The maximum atomic E-state index is 12.3. The molecule has 0 saturated carbocycles. The monoisotopic (exact) mass is 282 g/mol. The average molecular weight is 282 g/mol. The van der Waals surface area contributed by atoms with E-state index in [2.05, 4.69) is 4.90 Å². The Bertz CT molecular complexity index is 340. The minimum Gasteiger partial charge on any atom is -0.469 e. The van der Waals surface area contributed by atoms with Crippen LogP contribution in [0.1, 0.15) is 44.9 Å². The van der Waals surface area contributed by atoms with Crippen LogP contribution in [-0.4, -0.2) is 61.0 Å². The van der Waals surface area contributed by atoms with Crippen molar-refractivity contribution in [3.8, 4) is 0 Å². The highest BCUT2D eigenvalue weighted by Crippen LogP contribution is 2.20. The third-order valence-corrected chi connectivity index (χ3v) is 4.43. The second-order valence-electron chi connectivity index (χ2n) is 5.84. The van der Waals surface area contributed by atoms with Crippen molar-refractivity contribution in [1.29, 1.82) is 0 Å². The summed E-state index contributed by atoms with van der Waals surface area (Å²) in [5.74, 6) is 0.0498. The normalized spacial score (nSPS) is 24.4. The maximum absolute atomic E-state index is 12.3. The Morgan fingerprint density at radius 2 is 1.75 bits per heavy atom. The van der Waals surface area contributed by atoms with Gasteiger partial charge in [-0.25, -0.2) is 0 Å². The van der Waals surface area contributed by atoms with Gasteiger partial charge in [0.05, 0.1) is 20.1 Å². The lowest BCUT2D eigenvalue weighted by Gasteiger charge is -2.36. The summed E-state index contributed by atoms with van der Waals surface area (Å²) in [6.45, 7) is 3.17. The quantitative estimate of drug-likeness (QED) is 0.732. The van der Waals surface area contributed by atoms with E-state index < -0.39 is 0 Å². The van der Waals surface area contributed by atoms with Crippen LogP contribution in [0, 0.1) is 0 Å². The second kappa shape index (κ2) is 7.62. The highest BCUT2D eigenvalue weighted by molar-refractivity contribution is 5.78. The number of likely N-dealkylation sites (tertiary alicyclic amines) is 2. The molecule has 0 aliphatic carbocycles. The van der Waals surface area contributed by atoms with Crippen LogP contribution in [0.3, 0.4) is 0 Å². The van der Waals surface area contributed by atoms with Gasteiger partial charge in [-0.05, 0) is 38.6 Å². The molecule has 0 spiro atoms. The van der Waals surface area contributed by atoms with Gasteiger partial charge in [-0.2, -0.15) is 0 Å². The van der Waals surface area contributed by atoms with Crippen LogP contribution >= 0.6 is 0 Å². The Hall–Kier alpha value is -1.10. The number of esters is 1. The predicted octanol–water partition coefficient (Wildman–Crippen LogP) is 1.42. The van der Waals surface area contributed by atoms with Crippen molar-refractivity contribution in [2.45, 2.75) is 51.0 Å². The number of amides is 1. The minimum atomic E-state index is -0.174. The van der Waals surface area contributed by atoms with Crippen LogP contribution in [0.25, 0.3) is 0 Å². The highest BCUT2D eigenvalue weighted by Gasteiger charge is 2.28. The number of rotatable bonds is 4. The number of methoxy groups -OCH3 is 1. The number of hydrogen-bond acceptors (Lipinski definition) is 4. The molecule has 2 rings (SSSR count). The van der Waals surface area contributed by atoms with Crippen molar-refractivity contribution in [2.75, 3.05) is 33.3 Å². The molecule has 0 aromatic carbocycles. The summed E-state index contributed by atoms with van der Waals surface area (Å²) in [5, 5.41) is 0. The molecule has 1 atom stereocenters. The molecular formula is C15H26N2O3. The summed E-state index contributed by atoms with van der Waals surface area (Å²) in [4.78, 5) is 28.0. The number of carbonyl (C=O) groups is 2. The van der Waals surface area contributed by atoms with E-state index >= 15 is 0 Å². The van der Waals surface area contributed by atoms with Crippen molar-refractivity contribution >= 4 is 11.9 Å². The molecule has 5 heteroatoms. The van der Waals surface area contributed by atoms with Gasteiger partial charge >= 0.3 is 5.97 Å². The SMILES string of the molecule is COC(=O)CC1CCCCN1CC(=O)N1CCCCC1. The first kappa shape index (κ1) is 15.3. The largest absolute Gasteiger partial charge is 0.469 e. The van der Waals surface area contributed by atoms with Gasteiger partial charge in [-0.1, -0.05) is 6.42 Å². The summed E-state index contributed by atoms with van der Waals surface area (Å²) in [7, 11) is 1.42. The van der Waals surface area contributed by atoms with Crippen LogP contribution in [0.2, 0.25) is 0 Å². The Balaban J connectivity index is 1.87. The average Bonchev–Trinajstić information content (AvgIpc) is 2.50. The zero-order valence-corrected chi connectivity index (χ0v) is 12.5. The number of ether oxygens (including phenoxy) is 1. The topological polar surface area (TPSA) is 49.9 Å². The predicted molar refractivity (Wildman–Crippen MR) is 76.3 cm³/mol. The summed E-state index contributed by atoms with van der Waals surface area (Å²) in [6.07, 6.45) is 7.13. The maximum Gasteiger partial charge on any atom is 0.307 e. The molecule has 1 amide bonds. The minimum absolute atomic E-state index is 0.171. The van der Waals surface area contributed by atoms with E-state index in [0.29, 0.717) is 13.0 Å². The van der Waals surface area contributed by atoms with Gasteiger partial charge in [0.1, 0.15) is 0 Å². The molecule has 2 aliphatic heterocycles. The Kier molecular flexibility index (Phi) is 5.83. The molecule has 114 valence electrons. The summed E-state index contributed by atoms with van der Waals surface area (Å²) >= 11 is 0. The molecule has 0 radical (unpaired) electrons. The van der Waals surface area contributed by atoms with Gasteiger partial charge in [0, 0.05) is 19.1 Å². The van der Waals surface area contributed by atoms with E-state index in [1.807, 2.05) is 4.90 Å². The van der Waals surface area contributed by atoms with E-state index in [4.69, 9.17) is 4.74 Å². The van der Waals surface area contributed by atoms with E-state index in [-0.39, 0.29) is 17.9 Å². The molecule has 0 aromatic heterocycles. The molecule has 20 heavy (non-hydrogen) atoms. The fourth-order valence-electron chi connectivity index (χ4n) is 3.19. The standard InChI is InChI=1S/C15H26N2O3/c1-20-15(19)11-13-7-3-6-10-17(13)12-14(18)16-8-4-2-5-9-16/h13H,2-12H2,1H3. The van der Waals surface area contributed by atoms with Crippen LogP contribution in [0.4, 0.5) is 0 Å². The van der Waals surface area contributed by atoms with E-state index in [9.17, 15) is 9.59 Å². The first-order chi connectivity index (χ1) is 9.70. The zero-order chi connectivity index (χ0) is 14.4. The summed E-state index contributed by atoms with van der Waals surface area (Å²) in [6, 6.07) is 0.171. The molecular weight excluding hydrogens is 256 g/mol. The molecule has 2 fully saturated rings. The number of hydrogen-bond donors (Lipinski definition) is 0. The summed E-state index contributed by atoms with van der Waals surface area (Å²) < 4.78 is 4.76. The molecule has 2 heterocycles. The molecule has 5 nitrogen and oxygen atoms in total. The Morgan fingerprint density at radius 3 is 2.45 bits per heavy atom. The van der Waals surface area contributed by atoms with Gasteiger partial charge in [-0.3, -0.25) is 14.5 Å². The lowest BCUT2D eigenvalue weighted by atomic mass is 9.99. The first-order valence-corrected chi connectivity index (χ1v) is 7.79. The molecule has 2 saturated heterocycles. The van der Waals surface area contributed by atoms with Crippen LogP contribution in [-0.2, 0) is 14.3 Å². The van der Waals surface area contributed by atoms with Crippen molar-refractivity contribution in [3.05, 3.63) is 0 Å². The Morgan fingerprint density at radius 1 is 1.05 bits per heavy atom. The van der Waals surface area contributed by atoms with E-state index in [1.54, 1.807) is 0 Å². The van der Waals surface area contributed by atoms with Gasteiger partial charge in [0.2, 0.25) is 5.91 Å². The fraction of sp³-hybridized carbons (Fsp3) is 0.867. The summed E-state index contributed by atoms with van der Waals surface area (Å²) in [5.41, 5.74) is 0. The van der Waals surface area contributed by atoms with Gasteiger partial charge in [0.25, 0.3) is 0 Å². The van der Waals surface area contributed by atoms with E-state index in [0.717, 1.165) is 51.7 Å². The Labute approximate surface area is 121 Å². The number of carbonyl (C=O) groups excluding carboxylic acids is 2. The first-order valence-electron chi connectivity index (χ1n) is 7.79. The van der Waals surface area contributed by atoms with Gasteiger partial charge in [-0.15, -0.1) is 0 Å². The molecule has 0 bridgehead atoms.